The Labute approximate surface area is 129 Å². The first kappa shape index (κ1) is 15.7. The Hall–Kier alpha value is -1.72. The van der Waals surface area contributed by atoms with Gasteiger partial charge < -0.3 is 10.0 Å². The number of aryl methyl sites for hydroxylation is 2. The molecule has 112 valence electrons. The molecule has 0 bridgehead atoms. The molecule has 0 saturated carbocycles. The maximum absolute atomic E-state index is 12.3. The zero-order valence-corrected chi connectivity index (χ0v) is 13.4. The fraction of sp³-hybridized carbons (Fsp3) is 0.375. The first-order valence-electron chi connectivity index (χ1n) is 6.91. The normalized spacial score (nSPS) is 12.2. The molecule has 1 aromatic heterocycles. The second kappa shape index (κ2) is 6.83. The van der Waals surface area contributed by atoms with E-state index < -0.39 is 6.10 Å². The van der Waals surface area contributed by atoms with Gasteiger partial charge in [-0.1, -0.05) is 30.3 Å². The lowest BCUT2D eigenvalue weighted by Gasteiger charge is -2.19. The molecule has 0 fully saturated rings. The molecule has 0 aliphatic heterocycles. The molecule has 2 aromatic rings. The number of amides is 1. The van der Waals surface area contributed by atoms with Crippen LogP contribution in [0, 0.1) is 13.8 Å². The van der Waals surface area contributed by atoms with Crippen LogP contribution in [0.4, 0.5) is 0 Å². The standard InChI is InChI=1S/C16H20N2O2S/c1-11-15(17-12(2)21-11)16(20)18(3)10-9-14(19)13-7-5-4-6-8-13/h4-8,14,19H,9-10H2,1-3H3. The summed E-state index contributed by atoms with van der Waals surface area (Å²) in [5.74, 6) is -0.0860. The Morgan fingerprint density at radius 2 is 2.00 bits per heavy atom. The number of aliphatic hydroxyl groups is 1. The van der Waals surface area contributed by atoms with Crippen LogP contribution in [0.25, 0.3) is 0 Å². The van der Waals surface area contributed by atoms with Crippen molar-refractivity contribution in [2.45, 2.75) is 26.4 Å². The van der Waals surface area contributed by atoms with Crippen molar-refractivity contribution in [2.75, 3.05) is 13.6 Å². The van der Waals surface area contributed by atoms with E-state index in [4.69, 9.17) is 0 Å². The number of nitrogens with zero attached hydrogens (tertiary/aromatic N) is 2. The third-order valence-electron chi connectivity index (χ3n) is 3.38. The van der Waals surface area contributed by atoms with Crippen LogP contribution in [0.3, 0.4) is 0 Å². The highest BCUT2D eigenvalue weighted by Crippen LogP contribution is 2.19. The summed E-state index contributed by atoms with van der Waals surface area (Å²) in [6.45, 7) is 4.29. The third kappa shape index (κ3) is 3.89. The highest BCUT2D eigenvalue weighted by atomic mass is 32.1. The summed E-state index contributed by atoms with van der Waals surface area (Å²) in [4.78, 5) is 19.2. The van der Waals surface area contributed by atoms with E-state index in [9.17, 15) is 9.90 Å². The lowest BCUT2D eigenvalue weighted by molar-refractivity contribution is 0.0755. The van der Waals surface area contributed by atoms with Gasteiger partial charge in [-0.25, -0.2) is 4.98 Å². The lowest BCUT2D eigenvalue weighted by Crippen LogP contribution is -2.29. The van der Waals surface area contributed by atoms with Gasteiger partial charge in [-0.2, -0.15) is 0 Å². The fourth-order valence-corrected chi connectivity index (χ4v) is 2.98. The molecular formula is C16H20N2O2S. The van der Waals surface area contributed by atoms with E-state index in [1.165, 1.54) is 11.3 Å². The van der Waals surface area contributed by atoms with Crippen molar-refractivity contribution >= 4 is 17.2 Å². The molecule has 0 saturated heterocycles. The number of hydrogen-bond acceptors (Lipinski definition) is 4. The predicted molar refractivity (Wildman–Crippen MR) is 84.6 cm³/mol. The Balaban J connectivity index is 1.94. The number of rotatable bonds is 5. The molecule has 0 spiro atoms. The second-order valence-electron chi connectivity index (χ2n) is 5.08. The van der Waals surface area contributed by atoms with Gasteiger partial charge in [-0.15, -0.1) is 11.3 Å². The first-order chi connectivity index (χ1) is 9.99. The van der Waals surface area contributed by atoms with E-state index in [1.807, 2.05) is 44.2 Å². The van der Waals surface area contributed by atoms with Gasteiger partial charge in [0.2, 0.25) is 0 Å². The van der Waals surface area contributed by atoms with Gasteiger partial charge >= 0.3 is 0 Å². The summed E-state index contributed by atoms with van der Waals surface area (Å²) < 4.78 is 0. The van der Waals surface area contributed by atoms with Crippen LogP contribution in [-0.2, 0) is 0 Å². The van der Waals surface area contributed by atoms with Gasteiger partial charge in [0, 0.05) is 18.5 Å². The molecule has 2 rings (SSSR count). The van der Waals surface area contributed by atoms with Crippen LogP contribution < -0.4 is 0 Å². The monoisotopic (exact) mass is 304 g/mol. The maximum atomic E-state index is 12.3. The predicted octanol–water partition coefficient (Wildman–Crippen LogP) is 2.96. The summed E-state index contributed by atoms with van der Waals surface area (Å²) in [5, 5.41) is 11.0. The zero-order chi connectivity index (χ0) is 15.4. The van der Waals surface area contributed by atoms with E-state index in [2.05, 4.69) is 4.98 Å². The number of thiazole rings is 1. The largest absolute Gasteiger partial charge is 0.388 e. The molecule has 0 aliphatic carbocycles. The van der Waals surface area contributed by atoms with Crippen LogP contribution in [0.5, 0.6) is 0 Å². The van der Waals surface area contributed by atoms with E-state index in [0.717, 1.165) is 15.4 Å². The van der Waals surface area contributed by atoms with Gasteiger partial charge in [0.05, 0.1) is 11.1 Å². The summed E-state index contributed by atoms with van der Waals surface area (Å²) in [7, 11) is 1.74. The van der Waals surface area contributed by atoms with E-state index in [0.29, 0.717) is 18.7 Å². The highest BCUT2D eigenvalue weighted by Gasteiger charge is 2.19. The van der Waals surface area contributed by atoms with Gasteiger partial charge in [-0.05, 0) is 25.8 Å². The van der Waals surface area contributed by atoms with Crippen LogP contribution in [0.2, 0.25) is 0 Å². The molecule has 1 atom stereocenters. The van der Waals surface area contributed by atoms with Gasteiger partial charge in [0.1, 0.15) is 5.69 Å². The Morgan fingerprint density at radius 3 is 2.57 bits per heavy atom. The quantitative estimate of drug-likeness (QED) is 0.924. The molecule has 1 amide bonds. The molecular weight excluding hydrogens is 284 g/mol. The molecule has 4 nitrogen and oxygen atoms in total. The molecule has 5 heteroatoms. The maximum Gasteiger partial charge on any atom is 0.273 e. The van der Waals surface area contributed by atoms with Crippen LogP contribution >= 0.6 is 11.3 Å². The molecule has 0 aliphatic rings. The molecule has 1 aromatic carbocycles. The third-order valence-corrected chi connectivity index (χ3v) is 4.26. The fourth-order valence-electron chi connectivity index (χ4n) is 2.17. The highest BCUT2D eigenvalue weighted by molar-refractivity contribution is 7.11. The van der Waals surface area contributed by atoms with Crippen LogP contribution in [-0.4, -0.2) is 34.5 Å². The number of benzene rings is 1. The molecule has 1 heterocycles. The van der Waals surface area contributed by atoms with Gasteiger partial charge in [0.25, 0.3) is 5.91 Å². The number of aliphatic hydroxyl groups excluding tert-OH is 1. The Morgan fingerprint density at radius 1 is 1.33 bits per heavy atom. The minimum atomic E-state index is -0.556. The second-order valence-corrected chi connectivity index (χ2v) is 6.49. The number of hydrogen-bond donors (Lipinski definition) is 1. The topological polar surface area (TPSA) is 53.4 Å². The van der Waals surface area contributed by atoms with Crippen molar-refractivity contribution in [3.63, 3.8) is 0 Å². The van der Waals surface area contributed by atoms with Crippen molar-refractivity contribution < 1.29 is 9.90 Å². The summed E-state index contributed by atoms with van der Waals surface area (Å²) in [6, 6.07) is 9.49. The Bertz CT molecular complexity index is 610. The van der Waals surface area contributed by atoms with Crippen molar-refractivity contribution in [2.24, 2.45) is 0 Å². The Kier molecular flexibility index (Phi) is 5.09. The van der Waals surface area contributed by atoms with Crippen LogP contribution in [0.15, 0.2) is 30.3 Å². The molecule has 1 N–H and O–H groups in total. The number of aromatic nitrogens is 1. The SMILES string of the molecule is Cc1nc(C(=O)N(C)CCC(O)c2ccccc2)c(C)s1. The van der Waals surface area contributed by atoms with Gasteiger partial charge in [0.15, 0.2) is 0 Å². The van der Waals surface area contributed by atoms with Crippen molar-refractivity contribution in [1.29, 1.82) is 0 Å². The molecule has 1 unspecified atom stereocenters. The van der Waals surface area contributed by atoms with E-state index in [-0.39, 0.29) is 5.91 Å². The first-order valence-corrected chi connectivity index (χ1v) is 7.73. The van der Waals surface area contributed by atoms with Crippen molar-refractivity contribution in [1.82, 2.24) is 9.88 Å². The number of carbonyl (C=O) groups is 1. The van der Waals surface area contributed by atoms with Crippen molar-refractivity contribution in [3.8, 4) is 0 Å². The minimum absolute atomic E-state index is 0.0860. The average Bonchev–Trinajstić information content (AvgIpc) is 2.83. The summed E-state index contributed by atoms with van der Waals surface area (Å²) in [5.41, 5.74) is 1.40. The van der Waals surface area contributed by atoms with Crippen LogP contribution in [0.1, 0.15) is 38.5 Å². The average molecular weight is 304 g/mol. The lowest BCUT2D eigenvalue weighted by atomic mass is 10.1. The van der Waals surface area contributed by atoms with E-state index in [1.54, 1.807) is 11.9 Å². The molecule has 0 radical (unpaired) electrons. The summed E-state index contributed by atoms with van der Waals surface area (Å²) >= 11 is 1.53. The minimum Gasteiger partial charge on any atom is -0.388 e. The zero-order valence-electron chi connectivity index (χ0n) is 12.5. The van der Waals surface area contributed by atoms with Gasteiger partial charge in [-0.3, -0.25) is 4.79 Å². The van der Waals surface area contributed by atoms with E-state index >= 15 is 0 Å². The number of carbonyl (C=O) groups excluding carboxylic acids is 1. The molecule has 21 heavy (non-hydrogen) atoms. The summed E-state index contributed by atoms with van der Waals surface area (Å²) in [6.07, 6.45) is -0.0475. The smallest absolute Gasteiger partial charge is 0.273 e. The van der Waals surface area contributed by atoms with Crippen molar-refractivity contribution in [3.05, 3.63) is 51.5 Å².